The topological polar surface area (TPSA) is 59.3 Å². The zero-order chi connectivity index (χ0) is 17.6. The summed E-state index contributed by atoms with van der Waals surface area (Å²) in [5.41, 5.74) is 3.33. The van der Waals surface area contributed by atoms with Crippen molar-refractivity contribution >= 4 is 10.8 Å². The fraction of sp³-hybridized carbons (Fsp3) is 0.421. The van der Waals surface area contributed by atoms with Crippen LogP contribution < -0.4 is 4.74 Å². The Kier molecular flexibility index (Phi) is 5.91. The first-order chi connectivity index (χ1) is 12.1. The average molecular weight is 359 g/mol. The standard InChI is InChI=1S/C19H23N2O3S/c1-2-15-3-6-17(20-12-15)9-10-24-19-7-4-16(5-8-19)11-18-13-25(23)14-21(18)22/h3-8,12,18H,2,9-11,13-14H2,1H3/q+1. The number of pyridine rings is 1. The van der Waals surface area contributed by atoms with Crippen molar-refractivity contribution in [3.8, 4) is 5.75 Å². The average Bonchev–Trinajstić information content (AvgIpc) is 2.94. The zero-order valence-electron chi connectivity index (χ0n) is 14.4. The number of nitrogens with zero attached hydrogens (tertiary/aromatic N) is 2. The highest BCUT2D eigenvalue weighted by atomic mass is 32.2. The number of nitroso groups, excluding NO2 is 1. The highest BCUT2D eigenvalue weighted by molar-refractivity contribution is 7.85. The predicted octanol–water partition coefficient (Wildman–Crippen LogP) is 2.68. The second-order valence-electron chi connectivity index (χ2n) is 6.26. The molecule has 2 atom stereocenters. The predicted molar refractivity (Wildman–Crippen MR) is 98.3 cm³/mol. The van der Waals surface area contributed by atoms with Gasteiger partial charge in [-0.2, -0.15) is 0 Å². The lowest BCUT2D eigenvalue weighted by molar-refractivity contribution is -0.555. The molecule has 0 radical (unpaired) electrons. The lowest BCUT2D eigenvalue weighted by Gasteiger charge is -2.08. The summed E-state index contributed by atoms with van der Waals surface area (Å²) >= 11 is 0. The molecule has 1 aromatic carbocycles. The second-order valence-corrected chi connectivity index (χ2v) is 7.74. The van der Waals surface area contributed by atoms with E-state index < -0.39 is 10.8 Å². The third kappa shape index (κ3) is 4.95. The SMILES string of the molecule is CCc1ccc(CCOc2ccc(CC3CS(=O)C[N+]3=O)cc2)nc1. The van der Waals surface area contributed by atoms with Crippen molar-refractivity contribution in [1.29, 1.82) is 0 Å². The molecular formula is C19H23N2O3S+. The monoisotopic (exact) mass is 359 g/mol. The molecule has 6 heteroatoms. The van der Waals surface area contributed by atoms with Gasteiger partial charge in [0.25, 0.3) is 5.88 Å². The summed E-state index contributed by atoms with van der Waals surface area (Å²) in [6.45, 7) is 2.69. The summed E-state index contributed by atoms with van der Waals surface area (Å²) in [5.74, 6) is 1.41. The van der Waals surface area contributed by atoms with E-state index in [0.717, 1.165) is 34.6 Å². The molecule has 0 saturated carbocycles. The summed E-state index contributed by atoms with van der Waals surface area (Å²) in [5, 5.41) is 0. The lowest BCUT2D eigenvalue weighted by Crippen LogP contribution is -2.21. The molecule has 1 aliphatic rings. The molecule has 25 heavy (non-hydrogen) atoms. The molecule has 132 valence electrons. The molecule has 1 aliphatic heterocycles. The number of ether oxygens (including phenoxy) is 1. The molecule has 1 fully saturated rings. The fourth-order valence-electron chi connectivity index (χ4n) is 2.84. The van der Waals surface area contributed by atoms with Crippen LogP contribution in [-0.2, 0) is 30.1 Å². The van der Waals surface area contributed by atoms with Crippen molar-refractivity contribution in [2.24, 2.45) is 0 Å². The first-order valence-corrected chi connectivity index (χ1v) is 10.1. The Labute approximate surface area is 150 Å². The largest absolute Gasteiger partial charge is 0.493 e. The van der Waals surface area contributed by atoms with Gasteiger partial charge in [-0.05, 0) is 35.7 Å². The molecule has 0 spiro atoms. The van der Waals surface area contributed by atoms with Crippen LogP contribution in [0.15, 0.2) is 42.6 Å². The van der Waals surface area contributed by atoms with Gasteiger partial charge in [0.15, 0.2) is 0 Å². The van der Waals surface area contributed by atoms with Crippen LogP contribution in [0.25, 0.3) is 0 Å². The van der Waals surface area contributed by atoms with Crippen LogP contribution in [0, 0.1) is 4.91 Å². The van der Waals surface area contributed by atoms with Crippen LogP contribution in [0.4, 0.5) is 0 Å². The number of benzene rings is 1. The van der Waals surface area contributed by atoms with E-state index in [0.29, 0.717) is 18.8 Å². The van der Waals surface area contributed by atoms with Gasteiger partial charge in [0.05, 0.1) is 23.2 Å². The minimum atomic E-state index is -1.00. The van der Waals surface area contributed by atoms with E-state index in [1.54, 1.807) is 0 Å². The summed E-state index contributed by atoms with van der Waals surface area (Å²) in [6.07, 6.45) is 4.31. The van der Waals surface area contributed by atoms with Gasteiger partial charge < -0.3 is 4.74 Å². The van der Waals surface area contributed by atoms with Gasteiger partial charge in [-0.25, -0.2) is 0 Å². The van der Waals surface area contributed by atoms with Crippen molar-refractivity contribution < 1.29 is 13.7 Å². The minimum absolute atomic E-state index is 0.138. The van der Waals surface area contributed by atoms with Gasteiger partial charge in [-0.15, -0.1) is 0 Å². The van der Waals surface area contributed by atoms with Crippen molar-refractivity contribution in [3.05, 3.63) is 64.3 Å². The van der Waals surface area contributed by atoms with E-state index in [2.05, 4.69) is 18.0 Å². The van der Waals surface area contributed by atoms with Gasteiger partial charge in [-0.1, -0.05) is 25.1 Å². The number of rotatable bonds is 7. The summed E-state index contributed by atoms with van der Waals surface area (Å²) < 4.78 is 18.1. The van der Waals surface area contributed by atoms with Gasteiger partial charge in [0, 0.05) is 34.4 Å². The summed E-state index contributed by atoms with van der Waals surface area (Å²) in [4.78, 5) is 16.1. The maximum Gasteiger partial charge on any atom is 0.265 e. The van der Waals surface area contributed by atoms with E-state index in [4.69, 9.17) is 4.74 Å². The van der Waals surface area contributed by atoms with Crippen molar-refractivity contribution in [3.63, 3.8) is 0 Å². The summed E-state index contributed by atoms with van der Waals surface area (Å²) in [6, 6.07) is 11.8. The number of aryl methyl sites for hydroxylation is 1. The normalized spacial score (nSPS) is 20.0. The third-order valence-electron chi connectivity index (χ3n) is 4.37. The third-order valence-corrected chi connectivity index (χ3v) is 5.67. The van der Waals surface area contributed by atoms with E-state index >= 15 is 0 Å². The number of hydrogen-bond acceptors (Lipinski definition) is 4. The van der Waals surface area contributed by atoms with E-state index in [-0.39, 0.29) is 11.9 Å². The fourth-order valence-corrected chi connectivity index (χ4v) is 4.15. The Morgan fingerprint density at radius 1 is 1.20 bits per heavy atom. The molecule has 0 bridgehead atoms. The van der Waals surface area contributed by atoms with Gasteiger partial charge in [0.2, 0.25) is 6.04 Å². The molecule has 2 heterocycles. The Morgan fingerprint density at radius 2 is 1.96 bits per heavy atom. The number of hydrogen-bond donors (Lipinski definition) is 0. The molecule has 1 saturated heterocycles. The van der Waals surface area contributed by atoms with Crippen molar-refractivity contribution in [2.45, 2.75) is 32.2 Å². The molecule has 0 aliphatic carbocycles. The molecule has 2 aromatic rings. The zero-order valence-corrected chi connectivity index (χ0v) is 15.2. The Balaban J connectivity index is 1.47. The van der Waals surface area contributed by atoms with E-state index in [1.165, 1.54) is 5.56 Å². The van der Waals surface area contributed by atoms with Gasteiger partial charge in [-0.3, -0.25) is 9.19 Å². The minimum Gasteiger partial charge on any atom is -0.493 e. The molecule has 1 aromatic heterocycles. The van der Waals surface area contributed by atoms with Crippen LogP contribution in [-0.4, -0.2) is 38.2 Å². The van der Waals surface area contributed by atoms with Crippen LogP contribution in [0.2, 0.25) is 0 Å². The van der Waals surface area contributed by atoms with Crippen LogP contribution >= 0.6 is 0 Å². The first kappa shape index (κ1) is 17.7. The summed E-state index contributed by atoms with van der Waals surface area (Å²) in [7, 11) is -1.00. The molecule has 5 nitrogen and oxygen atoms in total. The molecule has 3 rings (SSSR count). The maximum atomic E-state index is 11.7. The van der Waals surface area contributed by atoms with E-state index in [1.807, 2.05) is 36.5 Å². The smallest absolute Gasteiger partial charge is 0.265 e. The van der Waals surface area contributed by atoms with Crippen LogP contribution in [0.5, 0.6) is 5.75 Å². The lowest BCUT2D eigenvalue weighted by atomic mass is 10.1. The Bertz CT molecular complexity index is 744. The second kappa shape index (κ2) is 8.34. The Hall–Kier alpha value is -2.08. The van der Waals surface area contributed by atoms with Crippen LogP contribution in [0.1, 0.15) is 23.7 Å². The Morgan fingerprint density at radius 3 is 2.56 bits per heavy atom. The van der Waals surface area contributed by atoms with Crippen molar-refractivity contribution in [1.82, 2.24) is 4.98 Å². The highest BCUT2D eigenvalue weighted by Crippen LogP contribution is 2.17. The van der Waals surface area contributed by atoms with Crippen molar-refractivity contribution in [2.75, 3.05) is 18.2 Å². The molecule has 0 N–H and O–H groups in total. The molecular weight excluding hydrogens is 336 g/mol. The maximum absolute atomic E-state index is 11.7. The first-order valence-electron chi connectivity index (χ1n) is 8.58. The van der Waals surface area contributed by atoms with Gasteiger partial charge >= 0.3 is 0 Å². The quantitative estimate of drug-likeness (QED) is 0.713. The van der Waals surface area contributed by atoms with Gasteiger partial charge in [0.1, 0.15) is 5.75 Å². The number of aromatic nitrogens is 1. The molecule has 2 unspecified atom stereocenters. The van der Waals surface area contributed by atoms with Crippen LogP contribution in [0.3, 0.4) is 0 Å². The highest BCUT2D eigenvalue weighted by Gasteiger charge is 2.37. The molecule has 0 amide bonds. The van der Waals surface area contributed by atoms with E-state index in [9.17, 15) is 9.12 Å².